The van der Waals surface area contributed by atoms with Gasteiger partial charge in [0.2, 0.25) is 0 Å². The van der Waals surface area contributed by atoms with Gasteiger partial charge in [0, 0.05) is 18.7 Å². The van der Waals surface area contributed by atoms with E-state index in [0.29, 0.717) is 0 Å². The first kappa shape index (κ1) is 9.75. The van der Waals surface area contributed by atoms with E-state index in [1.807, 2.05) is 6.92 Å². The minimum Gasteiger partial charge on any atom is -0.380 e. The Kier molecular flexibility index (Phi) is 3.29. The summed E-state index contributed by atoms with van der Waals surface area (Å²) in [6, 6.07) is 0. The highest BCUT2D eigenvalue weighted by Gasteiger charge is 2.26. The van der Waals surface area contributed by atoms with Crippen LogP contribution in [0, 0.1) is 0 Å². The SMILES string of the molecule is C=C(C)CNC1(C)CCCOC1. The van der Waals surface area contributed by atoms with Gasteiger partial charge in [0.1, 0.15) is 0 Å². The molecule has 0 aliphatic carbocycles. The normalized spacial score (nSPS) is 30.2. The van der Waals surface area contributed by atoms with Gasteiger partial charge in [0.05, 0.1) is 6.61 Å². The molecule has 12 heavy (non-hydrogen) atoms. The van der Waals surface area contributed by atoms with Crippen LogP contribution in [0.3, 0.4) is 0 Å². The molecule has 1 atom stereocenters. The van der Waals surface area contributed by atoms with Gasteiger partial charge in [-0.05, 0) is 26.7 Å². The first-order valence-electron chi connectivity index (χ1n) is 4.60. The van der Waals surface area contributed by atoms with Crippen molar-refractivity contribution in [1.29, 1.82) is 0 Å². The quantitative estimate of drug-likeness (QED) is 0.649. The van der Waals surface area contributed by atoms with Crippen LogP contribution in [0.2, 0.25) is 0 Å². The second kappa shape index (κ2) is 4.06. The summed E-state index contributed by atoms with van der Waals surface area (Å²) < 4.78 is 5.43. The summed E-state index contributed by atoms with van der Waals surface area (Å²) in [6.07, 6.45) is 2.37. The van der Waals surface area contributed by atoms with Crippen LogP contribution in [0.25, 0.3) is 0 Å². The fraction of sp³-hybridized carbons (Fsp3) is 0.800. The fourth-order valence-corrected chi connectivity index (χ4v) is 1.44. The second-order valence-corrected chi connectivity index (χ2v) is 4.03. The van der Waals surface area contributed by atoms with Crippen molar-refractivity contribution in [3.05, 3.63) is 12.2 Å². The molecule has 0 spiro atoms. The molecule has 0 radical (unpaired) electrons. The maximum absolute atomic E-state index is 5.43. The molecule has 2 heteroatoms. The Morgan fingerprint density at radius 3 is 2.92 bits per heavy atom. The molecule has 1 saturated heterocycles. The van der Waals surface area contributed by atoms with Crippen LogP contribution in [-0.4, -0.2) is 25.3 Å². The van der Waals surface area contributed by atoms with Crippen LogP contribution in [0.15, 0.2) is 12.2 Å². The zero-order valence-electron chi connectivity index (χ0n) is 8.15. The lowest BCUT2D eigenvalue weighted by Gasteiger charge is -2.34. The van der Waals surface area contributed by atoms with Crippen LogP contribution < -0.4 is 5.32 Å². The molecule has 1 aliphatic rings. The lowest BCUT2D eigenvalue weighted by molar-refractivity contribution is 0.0299. The van der Waals surface area contributed by atoms with E-state index in [1.165, 1.54) is 18.4 Å². The minimum absolute atomic E-state index is 0.178. The average Bonchev–Trinajstić information content (AvgIpc) is 2.03. The molecule has 0 aromatic heterocycles. The standard InChI is InChI=1S/C10H19NO/c1-9(2)7-11-10(3)5-4-6-12-8-10/h11H,1,4-8H2,2-3H3. The predicted molar refractivity (Wildman–Crippen MR) is 51.3 cm³/mol. The van der Waals surface area contributed by atoms with Gasteiger partial charge in [-0.2, -0.15) is 0 Å². The number of nitrogens with one attached hydrogen (secondary N) is 1. The molecule has 1 fully saturated rings. The van der Waals surface area contributed by atoms with Crippen LogP contribution in [0.4, 0.5) is 0 Å². The average molecular weight is 169 g/mol. The van der Waals surface area contributed by atoms with Gasteiger partial charge in [-0.1, -0.05) is 12.2 Å². The van der Waals surface area contributed by atoms with Crippen molar-refractivity contribution >= 4 is 0 Å². The van der Waals surface area contributed by atoms with Gasteiger partial charge in [0.15, 0.2) is 0 Å². The number of rotatable bonds is 3. The topological polar surface area (TPSA) is 21.3 Å². The van der Waals surface area contributed by atoms with Crippen molar-refractivity contribution < 1.29 is 4.74 Å². The molecule has 2 nitrogen and oxygen atoms in total. The molecule has 0 aromatic rings. The van der Waals surface area contributed by atoms with Gasteiger partial charge >= 0.3 is 0 Å². The van der Waals surface area contributed by atoms with Gasteiger partial charge in [0.25, 0.3) is 0 Å². The van der Waals surface area contributed by atoms with E-state index in [1.54, 1.807) is 0 Å². The third-order valence-corrected chi connectivity index (χ3v) is 2.25. The summed E-state index contributed by atoms with van der Waals surface area (Å²) in [5, 5.41) is 3.47. The fourth-order valence-electron chi connectivity index (χ4n) is 1.44. The molecule has 1 N–H and O–H groups in total. The second-order valence-electron chi connectivity index (χ2n) is 4.03. The molecule has 0 bridgehead atoms. The summed E-state index contributed by atoms with van der Waals surface area (Å²) in [4.78, 5) is 0. The van der Waals surface area contributed by atoms with Crippen LogP contribution >= 0.6 is 0 Å². The molecule has 1 heterocycles. The lowest BCUT2D eigenvalue weighted by Crippen LogP contribution is -2.49. The van der Waals surface area contributed by atoms with Gasteiger partial charge in [-0.25, -0.2) is 0 Å². The van der Waals surface area contributed by atoms with Crippen LogP contribution in [0.5, 0.6) is 0 Å². The highest BCUT2D eigenvalue weighted by Crippen LogP contribution is 2.18. The molecule has 1 aliphatic heterocycles. The van der Waals surface area contributed by atoms with Crippen molar-refractivity contribution in [1.82, 2.24) is 5.32 Å². The molecule has 1 rings (SSSR count). The smallest absolute Gasteiger partial charge is 0.0645 e. The van der Waals surface area contributed by atoms with Crippen molar-refractivity contribution in [2.75, 3.05) is 19.8 Å². The maximum atomic E-state index is 5.43. The third kappa shape index (κ3) is 2.95. The van der Waals surface area contributed by atoms with Gasteiger partial charge < -0.3 is 10.1 Å². The Balaban J connectivity index is 2.31. The van der Waals surface area contributed by atoms with Crippen molar-refractivity contribution in [2.45, 2.75) is 32.2 Å². The Labute approximate surface area is 75.0 Å². The van der Waals surface area contributed by atoms with Crippen LogP contribution in [0.1, 0.15) is 26.7 Å². The Bertz CT molecular complexity index is 159. The number of hydrogen-bond acceptors (Lipinski definition) is 2. The van der Waals surface area contributed by atoms with E-state index in [-0.39, 0.29) is 5.54 Å². The summed E-state index contributed by atoms with van der Waals surface area (Å²) in [7, 11) is 0. The first-order valence-corrected chi connectivity index (χ1v) is 4.60. The molecule has 1 unspecified atom stereocenters. The van der Waals surface area contributed by atoms with Crippen LogP contribution in [-0.2, 0) is 4.74 Å². The van der Waals surface area contributed by atoms with E-state index in [9.17, 15) is 0 Å². The molecule has 0 amide bonds. The summed E-state index contributed by atoms with van der Waals surface area (Å²) in [6.45, 7) is 10.8. The third-order valence-electron chi connectivity index (χ3n) is 2.25. The Morgan fingerprint density at radius 2 is 2.42 bits per heavy atom. The zero-order chi connectivity index (χ0) is 9.03. The van der Waals surface area contributed by atoms with E-state index in [4.69, 9.17) is 4.74 Å². The maximum Gasteiger partial charge on any atom is 0.0645 e. The predicted octanol–water partition coefficient (Wildman–Crippen LogP) is 1.72. The number of ether oxygens (including phenoxy) is 1. The lowest BCUT2D eigenvalue weighted by atomic mass is 9.95. The van der Waals surface area contributed by atoms with Crippen molar-refractivity contribution in [3.8, 4) is 0 Å². The first-order chi connectivity index (χ1) is 5.62. The molecular weight excluding hydrogens is 150 g/mol. The van der Waals surface area contributed by atoms with E-state index < -0.39 is 0 Å². The van der Waals surface area contributed by atoms with Crippen molar-refractivity contribution in [3.63, 3.8) is 0 Å². The van der Waals surface area contributed by atoms with E-state index in [0.717, 1.165) is 19.8 Å². The summed E-state index contributed by atoms with van der Waals surface area (Å²) in [5.41, 5.74) is 1.36. The largest absolute Gasteiger partial charge is 0.380 e. The van der Waals surface area contributed by atoms with E-state index >= 15 is 0 Å². The van der Waals surface area contributed by atoms with Gasteiger partial charge in [-0.3, -0.25) is 0 Å². The zero-order valence-corrected chi connectivity index (χ0v) is 8.15. The highest BCUT2D eigenvalue weighted by atomic mass is 16.5. The number of hydrogen-bond donors (Lipinski definition) is 1. The molecular formula is C10H19NO. The molecule has 0 saturated carbocycles. The van der Waals surface area contributed by atoms with Gasteiger partial charge in [-0.15, -0.1) is 0 Å². The minimum atomic E-state index is 0.178. The monoisotopic (exact) mass is 169 g/mol. The Morgan fingerprint density at radius 1 is 1.67 bits per heavy atom. The summed E-state index contributed by atoms with van der Waals surface area (Å²) in [5.74, 6) is 0. The van der Waals surface area contributed by atoms with Crippen molar-refractivity contribution in [2.24, 2.45) is 0 Å². The Hall–Kier alpha value is -0.340. The molecule has 70 valence electrons. The summed E-state index contributed by atoms with van der Waals surface area (Å²) >= 11 is 0. The highest BCUT2D eigenvalue weighted by molar-refractivity contribution is 4.95. The van der Waals surface area contributed by atoms with E-state index in [2.05, 4.69) is 18.8 Å². The molecule has 0 aromatic carbocycles.